The van der Waals surface area contributed by atoms with Gasteiger partial charge < -0.3 is 14.8 Å². The monoisotopic (exact) mass is 424 g/mol. The Morgan fingerprint density at radius 1 is 1.14 bits per heavy atom. The molecule has 0 bridgehead atoms. The molecule has 1 N–H and O–H groups in total. The van der Waals surface area contributed by atoms with E-state index in [1.807, 2.05) is 0 Å². The van der Waals surface area contributed by atoms with Crippen LogP contribution in [0.15, 0.2) is 48.5 Å². The van der Waals surface area contributed by atoms with Crippen LogP contribution in [0.25, 0.3) is 0 Å². The van der Waals surface area contributed by atoms with Crippen LogP contribution in [-0.2, 0) is 6.61 Å². The van der Waals surface area contributed by atoms with Crippen molar-refractivity contribution in [2.75, 3.05) is 5.32 Å². The quantitative estimate of drug-likeness (QED) is 0.541. The van der Waals surface area contributed by atoms with Crippen LogP contribution in [0.3, 0.4) is 0 Å². The SMILES string of the molecule is Cc1nc(COc2ccc(Cl)cc2)sc1C(=O)Nc1ccc(OC(F)F)cc1. The van der Waals surface area contributed by atoms with Gasteiger partial charge in [-0.05, 0) is 55.5 Å². The molecule has 0 aliphatic heterocycles. The number of anilines is 1. The van der Waals surface area contributed by atoms with Gasteiger partial charge in [0, 0.05) is 10.7 Å². The maximum absolute atomic E-state index is 12.5. The molecule has 0 atom stereocenters. The van der Waals surface area contributed by atoms with Gasteiger partial charge in [-0.3, -0.25) is 4.79 Å². The highest BCUT2D eigenvalue weighted by molar-refractivity contribution is 7.13. The van der Waals surface area contributed by atoms with Gasteiger partial charge in [-0.1, -0.05) is 11.6 Å². The lowest BCUT2D eigenvalue weighted by molar-refractivity contribution is -0.0498. The molecule has 3 aromatic rings. The summed E-state index contributed by atoms with van der Waals surface area (Å²) in [6, 6.07) is 12.6. The van der Waals surface area contributed by atoms with Crippen molar-refractivity contribution >= 4 is 34.5 Å². The van der Waals surface area contributed by atoms with Gasteiger partial charge in [-0.25, -0.2) is 4.98 Å². The fourth-order valence-electron chi connectivity index (χ4n) is 2.31. The second kappa shape index (κ2) is 8.99. The molecule has 0 unspecified atom stereocenters. The summed E-state index contributed by atoms with van der Waals surface area (Å²) in [5.74, 6) is 0.327. The van der Waals surface area contributed by atoms with Gasteiger partial charge in [-0.2, -0.15) is 8.78 Å². The van der Waals surface area contributed by atoms with E-state index in [9.17, 15) is 13.6 Å². The molecule has 0 aliphatic carbocycles. The summed E-state index contributed by atoms with van der Waals surface area (Å²) in [6.07, 6.45) is 0. The smallest absolute Gasteiger partial charge is 0.387 e. The minimum atomic E-state index is -2.89. The molecule has 146 valence electrons. The number of nitrogens with one attached hydrogen (secondary N) is 1. The molecule has 5 nitrogen and oxygen atoms in total. The highest BCUT2D eigenvalue weighted by atomic mass is 35.5. The molecule has 0 fully saturated rings. The lowest BCUT2D eigenvalue weighted by atomic mass is 10.3. The van der Waals surface area contributed by atoms with E-state index in [4.69, 9.17) is 16.3 Å². The molecule has 0 saturated heterocycles. The molecule has 28 heavy (non-hydrogen) atoms. The number of carbonyl (C=O) groups is 1. The Morgan fingerprint density at radius 2 is 1.79 bits per heavy atom. The first kappa shape index (κ1) is 20.0. The third-order valence-corrected chi connectivity index (χ3v) is 4.94. The number of aromatic nitrogens is 1. The van der Waals surface area contributed by atoms with Gasteiger partial charge in [0.2, 0.25) is 0 Å². The second-order valence-corrected chi connectivity index (χ2v) is 7.14. The van der Waals surface area contributed by atoms with E-state index in [2.05, 4.69) is 15.0 Å². The summed E-state index contributed by atoms with van der Waals surface area (Å²) >= 11 is 7.06. The van der Waals surface area contributed by atoms with Gasteiger partial charge in [-0.15, -0.1) is 11.3 Å². The lowest BCUT2D eigenvalue weighted by Gasteiger charge is -2.07. The molecule has 9 heteroatoms. The Labute approximate surface area is 168 Å². The van der Waals surface area contributed by atoms with Gasteiger partial charge >= 0.3 is 6.61 Å². The van der Waals surface area contributed by atoms with E-state index in [0.29, 0.717) is 32.0 Å². The standard InChI is InChI=1S/C19H15ClF2N2O3S/c1-11-17(18(25)24-13-4-8-15(9-5-13)27-19(21)22)28-16(23-11)10-26-14-6-2-12(20)3-7-14/h2-9,19H,10H2,1H3,(H,24,25). The summed E-state index contributed by atoms with van der Waals surface area (Å²) in [7, 11) is 0. The first-order chi connectivity index (χ1) is 13.4. The Kier molecular flexibility index (Phi) is 6.43. The second-order valence-electron chi connectivity index (χ2n) is 5.62. The van der Waals surface area contributed by atoms with Gasteiger partial charge in [0.1, 0.15) is 28.0 Å². The van der Waals surface area contributed by atoms with Crippen molar-refractivity contribution < 1.29 is 23.0 Å². The van der Waals surface area contributed by atoms with E-state index in [0.717, 1.165) is 0 Å². The predicted molar refractivity (Wildman–Crippen MR) is 104 cm³/mol. The molecule has 0 radical (unpaired) electrons. The maximum Gasteiger partial charge on any atom is 0.387 e. The Morgan fingerprint density at radius 3 is 2.43 bits per heavy atom. The molecule has 0 aliphatic rings. The fourth-order valence-corrected chi connectivity index (χ4v) is 3.31. The Bertz CT molecular complexity index is 947. The first-order valence-electron chi connectivity index (χ1n) is 8.11. The van der Waals surface area contributed by atoms with E-state index >= 15 is 0 Å². The summed E-state index contributed by atoms with van der Waals surface area (Å²) in [6.45, 7) is -0.939. The molecule has 1 amide bonds. The highest BCUT2D eigenvalue weighted by Gasteiger charge is 2.16. The fraction of sp³-hybridized carbons (Fsp3) is 0.158. The summed E-state index contributed by atoms with van der Waals surface area (Å²) < 4.78 is 34.3. The lowest BCUT2D eigenvalue weighted by Crippen LogP contribution is -2.11. The third kappa shape index (κ3) is 5.40. The predicted octanol–water partition coefficient (Wildman–Crippen LogP) is 5.54. The number of hydrogen-bond acceptors (Lipinski definition) is 5. The molecule has 1 heterocycles. The van der Waals surface area contributed by atoms with Crippen LogP contribution < -0.4 is 14.8 Å². The van der Waals surface area contributed by atoms with Crippen molar-refractivity contribution in [1.29, 1.82) is 0 Å². The van der Waals surface area contributed by atoms with Gasteiger partial charge in [0.05, 0.1) is 5.69 Å². The summed E-state index contributed by atoms with van der Waals surface area (Å²) in [4.78, 5) is 17.3. The number of aryl methyl sites for hydroxylation is 1. The highest BCUT2D eigenvalue weighted by Crippen LogP contribution is 2.23. The van der Waals surface area contributed by atoms with Crippen LogP contribution in [0.2, 0.25) is 5.02 Å². The van der Waals surface area contributed by atoms with E-state index in [1.54, 1.807) is 31.2 Å². The largest absolute Gasteiger partial charge is 0.486 e. The maximum atomic E-state index is 12.5. The normalized spacial score (nSPS) is 10.8. The van der Waals surface area contributed by atoms with Crippen LogP contribution in [-0.4, -0.2) is 17.5 Å². The van der Waals surface area contributed by atoms with Crippen molar-refractivity contribution in [3.05, 3.63) is 69.1 Å². The number of alkyl halides is 2. The van der Waals surface area contributed by atoms with E-state index in [-0.39, 0.29) is 18.3 Å². The third-order valence-electron chi connectivity index (χ3n) is 3.56. The number of ether oxygens (including phenoxy) is 2. The number of hydrogen-bond donors (Lipinski definition) is 1. The molecular formula is C19H15ClF2N2O3S. The Balaban J connectivity index is 1.61. The molecule has 3 rings (SSSR count). The van der Waals surface area contributed by atoms with Gasteiger partial charge in [0.15, 0.2) is 0 Å². The Hall–Kier alpha value is -2.71. The van der Waals surface area contributed by atoms with Crippen LogP contribution in [0.5, 0.6) is 11.5 Å². The van der Waals surface area contributed by atoms with Crippen molar-refractivity contribution in [1.82, 2.24) is 4.98 Å². The molecule has 0 saturated carbocycles. The van der Waals surface area contributed by atoms with Crippen molar-refractivity contribution in [2.45, 2.75) is 20.1 Å². The van der Waals surface area contributed by atoms with Crippen LogP contribution in [0.4, 0.5) is 14.5 Å². The van der Waals surface area contributed by atoms with Gasteiger partial charge in [0.25, 0.3) is 5.91 Å². The molecule has 0 spiro atoms. The zero-order valence-corrected chi connectivity index (χ0v) is 16.2. The van der Waals surface area contributed by atoms with Crippen LogP contribution in [0, 0.1) is 6.92 Å². The zero-order valence-electron chi connectivity index (χ0n) is 14.6. The van der Waals surface area contributed by atoms with E-state index in [1.165, 1.54) is 35.6 Å². The summed E-state index contributed by atoms with van der Waals surface area (Å²) in [5, 5.41) is 3.97. The minimum absolute atomic E-state index is 0.0172. The van der Waals surface area contributed by atoms with Crippen LogP contribution in [0.1, 0.15) is 20.4 Å². The van der Waals surface area contributed by atoms with Crippen molar-refractivity contribution in [3.63, 3.8) is 0 Å². The van der Waals surface area contributed by atoms with Crippen molar-refractivity contribution in [3.8, 4) is 11.5 Å². The average Bonchev–Trinajstić information content (AvgIpc) is 3.03. The summed E-state index contributed by atoms with van der Waals surface area (Å²) in [5.41, 5.74) is 1.04. The number of thiazole rings is 1. The number of rotatable bonds is 7. The minimum Gasteiger partial charge on any atom is -0.486 e. The molecule has 1 aromatic heterocycles. The number of amides is 1. The van der Waals surface area contributed by atoms with E-state index < -0.39 is 6.61 Å². The topological polar surface area (TPSA) is 60.5 Å². The molecular weight excluding hydrogens is 410 g/mol. The number of nitrogens with zero attached hydrogens (tertiary/aromatic N) is 1. The zero-order chi connectivity index (χ0) is 20.1. The average molecular weight is 425 g/mol. The molecule has 2 aromatic carbocycles. The van der Waals surface area contributed by atoms with Crippen molar-refractivity contribution in [2.24, 2.45) is 0 Å². The van der Waals surface area contributed by atoms with Crippen LogP contribution >= 0.6 is 22.9 Å². The first-order valence-corrected chi connectivity index (χ1v) is 9.31. The number of benzene rings is 2. The number of halogens is 3. The number of carbonyl (C=O) groups excluding carboxylic acids is 1.